The second-order valence-electron chi connectivity index (χ2n) is 11.6. The number of halogens is 1. The molecule has 4 aliphatic heterocycles. The Hall–Kier alpha value is -3.70. The van der Waals surface area contributed by atoms with Crippen molar-refractivity contribution in [2.75, 3.05) is 56.7 Å². The first kappa shape index (κ1) is 27.2. The summed E-state index contributed by atoms with van der Waals surface area (Å²) >= 11 is 6.05. The topological polar surface area (TPSA) is 98.5 Å². The quantitative estimate of drug-likeness (QED) is 0.364. The fraction of sp³-hybridized carbons (Fsp3) is 0.387. The monoisotopic (exact) mass is 587 g/mol. The van der Waals surface area contributed by atoms with Gasteiger partial charge in [0.25, 0.3) is 5.91 Å². The number of benzene rings is 2. The maximum absolute atomic E-state index is 13.3. The van der Waals surface area contributed by atoms with Crippen LogP contribution in [-0.2, 0) is 10.3 Å². The van der Waals surface area contributed by atoms with Gasteiger partial charge in [-0.1, -0.05) is 23.7 Å². The lowest BCUT2D eigenvalue weighted by atomic mass is 9.84. The van der Waals surface area contributed by atoms with E-state index in [4.69, 9.17) is 21.3 Å². The maximum Gasteiger partial charge on any atom is 0.254 e. The molecule has 1 amide bonds. The van der Waals surface area contributed by atoms with Crippen molar-refractivity contribution in [3.05, 3.63) is 83.0 Å². The summed E-state index contributed by atoms with van der Waals surface area (Å²) in [5, 5.41) is 19.9. The zero-order valence-corrected chi connectivity index (χ0v) is 24.2. The van der Waals surface area contributed by atoms with Gasteiger partial charge in [-0.05, 0) is 74.0 Å². The number of amides is 1. The molecule has 218 valence electrons. The number of carbonyl (C=O) groups is 1. The Morgan fingerprint density at radius 1 is 1.02 bits per heavy atom. The van der Waals surface area contributed by atoms with Gasteiger partial charge < -0.3 is 25.0 Å². The van der Waals surface area contributed by atoms with Gasteiger partial charge in [-0.2, -0.15) is 4.98 Å². The Kier molecular flexibility index (Phi) is 7.02. The average molecular weight is 588 g/mol. The van der Waals surface area contributed by atoms with Crippen LogP contribution in [-0.4, -0.2) is 93.9 Å². The molecule has 10 nitrogen and oxygen atoms in total. The molecule has 4 saturated heterocycles. The number of carbonyl (C=O) groups excluding carboxylic acids is 1. The summed E-state index contributed by atoms with van der Waals surface area (Å²) in [6.07, 6.45) is 3.08. The van der Waals surface area contributed by atoms with E-state index in [-0.39, 0.29) is 18.0 Å². The first-order chi connectivity index (χ1) is 20.4. The van der Waals surface area contributed by atoms with Crippen molar-refractivity contribution in [2.45, 2.75) is 30.5 Å². The molecule has 8 rings (SSSR count). The van der Waals surface area contributed by atoms with Gasteiger partial charge in [0.05, 0.1) is 36.6 Å². The van der Waals surface area contributed by atoms with Crippen LogP contribution in [0.3, 0.4) is 0 Å². The Labute approximate surface area is 249 Å². The lowest BCUT2D eigenvalue weighted by Gasteiger charge is -2.41. The molecular formula is C31H34ClN7O3. The number of hydrogen-bond donors (Lipinski definition) is 2. The van der Waals surface area contributed by atoms with Crippen LogP contribution in [0.25, 0.3) is 5.65 Å². The van der Waals surface area contributed by atoms with E-state index in [1.165, 1.54) is 0 Å². The number of nitrogens with one attached hydrogen (secondary N) is 1. The number of hydrogen-bond acceptors (Lipinski definition) is 8. The van der Waals surface area contributed by atoms with Gasteiger partial charge >= 0.3 is 0 Å². The molecule has 2 N–H and O–H groups in total. The number of likely N-dealkylation sites (N-methyl/N-ethyl adjacent to an activating group) is 1. The fourth-order valence-electron chi connectivity index (χ4n) is 6.36. The van der Waals surface area contributed by atoms with E-state index < -0.39 is 5.60 Å². The summed E-state index contributed by atoms with van der Waals surface area (Å²) < 4.78 is 7.54. The molecule has 0 radical (unpaired) electrons. The molecule has 6 heterocycles. The van der Waals surface area contributed by atoms with Crippen LogP contribution in [0.4, 0.5) is 17.3 Å². The molecule has 2 atom stereocenters. The third-order valence-electron chi connectivity index (χ3n) is 8.89. The molecule has 4 fully saturated rings. The van der Waals surface area contributed by atoms with Crippen LogP contribution in [0.15, 0.2) is 66.9 Å². The minimum absolute atomic E-state index is 0.0372. The van der Waals surface area contributed by atoms with Crippen LogP contribution in [0.2, 0.25) is 5.02 Å². The lowest BCUT2D eigenvalue weighted by Crippen LogP contribution is -2.58. The molecule has 2 aromatic heterocycles. The van der Waals surface area contributed by atoms with Gasteiger partial charge in [0.1, 0.15) is 0 Å². The number of fused-ring (bicyclic) bond motifs is 5. The van der Waals surface area contributed by atoms with Gasteiger partial charge in [-0.3, -0.25) is 9.69 Å². The van der Waals surface area contributed by atoms with Gasteiger partial charge in [0.15, 0.2) is 5.65 Å². The van der Waals surface area contributed by atoms with Crippen LogP contribution >= 0.6 is 11.6 Å². The van der Waals surface area contributed by atoms with Crippen molar-refractivity contribution in [1.29, 1.82) is 0 Å². The van der Waals surface area contributed by atoms with Crippen LogP contribution < -0.4 is 10.2 Å². The van der Waals surface area contributed by atoms with Crippen molar-refractivity contribution >= 4 is 40.5 Å². The van der Waals surface area contributed by atoms with E-state index in [1.54, 1.807) is 4.52 Å². The van der Waals surface area contributed by atoms with E-state index >= 15 is 0 Å². The van der Waals surface area contributed by atoms with Gasteiger partial charge in [-0.25, -0.2) is 4.52 Å². The van der Waals surface area contributed by atoms with Crippen molar-refractivity contribution in [3.63, 3.8) is 0 Å². The lowest BCUT2D eigenvalue weighted by molar-refractivity contribution is 0.0118. The number of pyridine rings is 1. The van der Waals surface area contributed by atoms with Gasteiger partial charge in [0.2, 0.25) is 5.95 Å². The molecule has 11 heteroatoms. The molecule has 2 bridgehead atoms. The third kappa shape index (κ3) is 5.09. The molecule has 2 aromatic carbocycles. The second-order valence-corrected chi connectivity index (χ2v) is 12.0. The largest absolute Gasteiger partial charge is 0.385 e. The number of nitrogens with zero attached hydrogens (tertiary/aromatic N) is 6. The van der Waals surface area contributed by atoms with E-state index in [2.05, 4.69) is 27.3 Å². The summed E-state index contributed by atoms with van der Waals surface area (Å²) in [6.45, 7) is 4.13. The normalized spacial score (nSPS) is 22.4. The average Bonchev–Trinajstić information content (AvgIpc) is 3.18. The number of piperazine rings is 1. The standard InChI is InChI=1S/C31H34ClN7O3/c1-36-17-26-20-42-19-25(36)18-38(26)29(40)21-4-10-24(11-5-21)33-30-34-28-27(3-2-14-39(28)35-30)37-15-12-31(41,13-16-37)22-6-8-23(32)9-7-22/h2-11,14,25-26,41H,12-13,15-20H2,1H3,(H,33,35). The van der Waals surface area contributed by atoms with Crippen molar-refractivity contribution in [1.82, 2.24) is 24.4 Å². The molecule has 0 saturated carbocycles. The number of rotatable bonds is 5. The molecule has 0 aliphatic carbocycles. The Balaban J connectivity index is 1.04. The van der Waals surface area contributed by atoms with E-state index in [9.17, 15) is 9.90 Å². The van der Waals surface area contributed by atoms with Crippen molar-refractivity contribution < 1.29 is 14.6 Å². The summed E-state index contributed by atoms with van der Waals surface area (Å²) in [5.41, 5.74) is 3.19. The highest BCUT2D eigenvalue weighted by Gasteiger charge is 2.38. The minimum Gasteiger partial charge on any atom is -0.385 e. The zero-order valence-electron chi connectivity index (χ0n) is 23.5. The second kappa shape index (κ2) is 10.9. The van der Waals surface area contributed by atoms with Crippen molar-refractivity contribution in [3.8, 4) is 0 Å². The van der Waals surface area contributed by atoms with Crippen LogP contribution in [0.5, 0.6) is 0 Å². The molecule has 42 heavy (non-hydrogen) atoms. The summed E-state index contributed by atoms with van der Waals surface area (Å²) in [7, 11) is 2.10. The molecular weight excluding hydrogens is 554 g/mol. The molecule has 4 aromatic rings. The Bertz CT molecular complexity index is 1580. The van der Waals surface area contributed by atoms with E-state index in [0.29, 0.717) is 62.2 Å². The summed E-state index contributed by atoms with van der Waals surface area (Å²) in [6, 6.07) is 19.3. The molecule has 4 aliphatic rings. The summed E-state index contributed by atoms with van der Waals surface area (Å²) in [4.78, 5) is 24.6. The highest BCUT2D eigenvalue weighted by atomic mass is 35.5. The predicted molar refractivity (Wildman–Crippen MR) is 162 cm³/mol. The van der Waals surface area contributed by atoms with Crippen LogP contribution in [0.1, 0.15) is 28.8 Å². The number of ether oxygens (including phenoxy) is 1. The van der Waals surface area contributed by atoms with Gasteiger partial charge in [-0.15, -0.1) is 5.10 Å². The highest BCUT2D eigenvalue weighted by molar-refractivity contribution is 6.30. The smallest absolute Gasteiger partial charge is 0.254 e. The van der Waals surface area contributed by atoms with E-state index in [0.717, 1.165) is 29.1 Å². The van der Waals surface area contributed by atoms with Gasteiger partial charge in [0, 0.05) is 48.6 Å². The number of piperidine rings is 1. The van der Waals surface area contributed by atoms with E-state index in [1.807, 2.05) is 71.8 Å². The van der Waals surface area contributed by atoms with Crippen LogP contribution in [0, 0.1) is 0 Å². The van der Waals surface area contributed by atoms with Crippen molar-refractivity contribution in [2.24, 2.45) is 0 Å². The first-order valence-corrected chi connectivity index (χ1v) is 14.8. The SMILES string of the molecule is CN1CC2COCC1CN2C(=O)c1ccc(Nc2nc3c(N4CCC(O)(c5ccc(Cl)cc5)CC4)cccn3n2)cc1. The number of aromatic nitrogens is 3. The number of aliphatic hydroxyl groups is 1. The minimum atomic E-state index is -0.878. The summed E-state index contributed by atoms with van der Waals surface area (Å²) in [5.74, 6) is 0.511. The molecule has 0 spiro atoms. The first-order valence-electron chi connectivity index (χ1n) is 14.4. The maximum atomic E-state index is 13.3. The third-order valence-corrected chi connectivity index (χ3v) is 9.15. The fourth-order valence-corrected chi connectivity index (χ4v) is 6.48. The Morgan fingerprint density at radius 3 is 2.52 bits per heavy atom. The highest BCUT2D eigenvalue weighted by Crippen LogP contribution is 2.36. The predicted octanol–water partition coefficient (Wildman–Crippen LogP) is 3.77. The zero-order chi connectivity index (χ0) is 28.8. The Morgan fingerprint density at radius 2 is 1.76 bits per heavy atom. The number of anilines is 3. The molecule has 2 unspecified atom stereocenters.